The fourth-order valence-corrected chi connectivity index (χ4v) is 8.63. The predicted molar refractivity (Wildman–Crippen MR) is 249 cm³/mol. The van der Waals surface area contributed by atoms with Crippen LogP contribution in [0.1, 0.15) is 277 Å². The molecule has 2 aromatic rings. The van der Waals surface area contributed by atoms with E-state index in [0.717, 1.165) is 38.5 Å². The molecule has 11 heteroatoms. The molecule has 0 aliphatic carbocycles. The van der Waals surface area contributed by atoms with Gasteiger partial charge in [-0.2, -0.15) is 0 Å². The van der Waals surface area contributed by atoms with E-state index in [-0.39, 0.29) is 46.2 Å². The minimum atomic E-state index is -0.851. The van der Waals surface area contributed by atoms with Crippen LogP contribution >= 0.6 is 0 Å². The summed E-state index contributed by atoms with van der Waals surface area (Å²) in [6.45, 7) is 4.49. The SMILES string of the molecule is CCCCCCCCCCCCCCCCCC(=O)ON1C(=O)c2ccc(C(=O)c3ccc4c(c3)C(=O)N(OC(=O)CCCCCCCCCCCCCCCCC)C4=O)cc2C1=O. The molecule has 4 amide bonds. The highest BCUT2D eigenvalue weighted by molar-refractivity contribution is 6.24. The number of hydroxylamine groups is 4. The van der Waals surface area contributed by atoms with Crippen LogP contribution in [0.2, 0.25) is 0 Å². The molecule has 2 aliphatic heterocycles. The number of fused-ring (bicyclic) bond motifs is 2. The summed E-state index contributed by atoms with van der Waals surface area (Å²) >= 11 is 0. The Morgan fingerprint density at radius 2 is 0.609 bits per heavy atom. The Bertz CT molecular complexity index is 1710. The monoisotopic (exact) mass is 885 g/mol. The highest BCUT2D eigenvalue weighted by atomic mass is 16.7. The number of hydrogen-bond acceptors (Lipinski definition) is 9. The van der Waals surface area contributed by atoms with Gasteiger partial charge in [0.2, 0.25) is 0 Å². The summed E-state index contributed by atoms with van der Waals surface area (Å²) in [6.07, 6.45) is 36.0. The number of rotatable bonds is 36. The van der Waals surface area contributed by atoms with Crippen LogP contribution in [-0.2, 0) is 19.3 Å². The quantitative estimate of drug-likeness (QED) is 0.0371. The average molecular weight is 885 g/mol. The lowest BCUT2D eigenvalue weighted by Crippen LogP contribution is -2.32. The van der Waals surface area contributed by atoms with E-state index in [1.165, 1.54) is 178 Å². The first-order chi connectivity index (χ1) is 31.2. The molecule has 0 fully saturated rings. The highest BCUT2D eigenvalue weighted by Crippen LogP contribution is 2.29. The number of ketones is 1. The normalized spacial score (nSPS) is 13.2. The van der Waals surface area contributed by atoms with Crippen molar-refractivity contribution < 1.29 is 43.2 Å². The van der Waals surface area contributed by atoms with Crippen LogP contribution in [-0.4, -0.2) is 51.5 Å². The Kier molecular flexibility index (Phi) is 24.1. The molecule has 0 bridgehead atoms. The van der Waals surface area contributed by atoms with Crippen molar-refractivity contribution in [2.75, 3.05) is 0 Å². The molecule has 0 atom stereocenters. The van der Waals surface area contributed by atoms with E-state index in [1.54, 1.807) is 0 Å². The second-order valence-corrected chi connectivity index (χ2v) is 18.0. The Morgan fingerprint density at radius 1 is 0.359 bits per heavy atom. The van der Waals surface area contributed by atoms with Gasteiger partial charge in [-0.15, -0.1) is 0 Å². The third-order valence-corrected chi connectivity index (χ3v) is 12.6. The Balaban J connectivity index is 1.12. The van der Waals surface area contributed by atoms with E-state index in [4.69, 9.17) is 9.68 Å². The summed E-state index contributed by atoms with van der Waals surface area (Å²) in [6, 6.07) is 7.92. The molecule has 0 saturated carbocycles. The lowest BCUT2D eigenvalue weighted by Gasteiger charge is -2.12. The molecule has 11 nitrogen and oxygen atoms in total. The van der Waals surface area contributed by atoms with Gasteiger partial charge in [0.1, 0.15) is 0 Å². The van der Waals surface area contributed by atoms with Crippen molar-refractivity contribution in [3.05, 3.63) is 69.8 Å². The van der Waals surface area contributed by atoms with Crippen LogP contribution in [0, 0.1) is 0 Å². The first kappa shape index (κ1) is 52.0. The predicted octanol–water partition coefficient (Wildman–Crippen LogP) is 13.5. The highest BCUT2D eigenvalue weighted by Gasteiger charge is 2.41. The summed E-state index contributed by atoms with van der Waals surface area (Å²) in [7, 11) is 0. The number of unbranched alkanes of at least 4 members (excludes halogenated alkanes) is 28. The van der Waals surface area contributed by atoms with E-state index in [0.29, 0.717) is 23.0 Å². The zero-order chi connectivity index (χ0) is 45.9. The maximum absolute atomic E-state index is 13.6. The van der Waals surface area contributed by atoms with E-state index in [9.17, 15) is 33.6 Å². The van der Waals surface area contributed by atoms with Crippen molar-refractivity contribution >= 4 is 41.4 Å². The van der Waals surface area contributed by atoms with Gasteiger partial charge >= 0.3 is 11.9 Å². The van der Waals surface area contributed by atoms with Crippen molar-refractivity contribution in [1.82, 2.24) is 10.1 Å². The van der Waals surface area contributed by atoms with Gasteiger partial charge in [0.15, 0.2) is 5.78 Å². The van der Waals surface area contributed by atoms with Gasteiger partial charge in [-0.1, -0.05) is 216 Å². The molecule has 2 heterocycles. The molecular formula is C53H76N2O9. The van der Waals surface area contributed by atoms with E-state index in [1.807, 2.05) is 0 Å². The molecule has 0 spiro atoms. The first-order valence-electron chi connectivity index (χ1n) is 25.2. The van der Waals surface area contributed by atoms with E-state index >= 15 is 0 Å². The van der Waals surface area contributed by atoms with E-state index in [2.05, 4.69) is 13.8 Å². The molecule has 0 saturated heterocycles. The third kappa shape index (κ3) is 17.0. The minimum absolute atomic E-state index is 0.00199. The number of carbonyl (C=O) groups is 7. The molecule has 4 rings (SSSR count). The van der Waals surface area contributed by atoms with Crippen LogP contribution in [0.3, 0.4) is 0 Å². The molecule has 0 N–H and O–H groups in total. The molecule has 64 heavy (non-hydrogen) atoms. The molecule has 2 aliphatic rings. The minimum Gasteiger partial charge on any atom is -0.330 e. The summed E-state index contributed by atoms with van der Waals surface area (Å²) < 4.78 is 0. The number of imide groups is 2. The van der Waals surface area contributed by atoms with Gasteiger partial charge < -0.3 is 9.68 Å². The van der Waals surface area contributed by atoms with Crippen LogP contribution in [0.5, 0.6) is 0 Å². The number of amides is 4. The zero-order valence-corrected chi connectivity index (χ0v) is 39.2. The average Bonchev–Trinajstić information content (AvgIpc) is 3.67. The summed E-state index contributed by atoms with van der Waals surface area (Å²) in [4.78, 5) is 102. The standard InChI is InChI=1S/C53H76N2O9/c1-3-5-7-9-11-13-15-17-19-21-23-25-27-29-31-33-47(56)63-54-50(59)43-37-35-41(39-45(43)52(54)61)49(58)42-36-38-44-46(40-42)53(62)55(51(44)60)64-48(57)34-32-30-28-26-24-22-20-18-16-14-12-10-8-6-4-2/h35-40H,3-34H2,1-2H3. The summed E-state index contributed by atoms with van der Waals surface area (Å²) in [5, 5.41) is 0.893. The smallest absolute Gasteiger partial charge is 0.330 e. The van der Waals surface area contributed by atoms with Gasteiger partial charge in [-0.05, 0) is 37.1 Å². The van der Waals surface area contributed by atoms with Crippen molar-refractivity contribution in [3.8, 4) is 0 Å². The van der Waals surface area contributed by atoms with Crippen LogP contribution in [0.4, 0.5) is 0 Å². The molecule has 0 radical (unpaired) electrons. The number of hydrogen-bond donors (Lipinski definition) is 0. The van der Waals surface area contributed by atoms with Gasteiger partial charge in [0.25, 0.3) is 23.6 Å². The maximum atomic E-state index is 13.6. The Labute approximate surface area is 382 Å². The molecular weight excluding hydrogens is 809 g/mol. The van der Waals surface area contributed by atoms with Crippen LogP contribution in [0.25, 0.3) is 0 Å². The summed E-state index contributed by atoms with van der Waals surface area (Å²) in [5.41, 5.74) is -0.0788. The van der Waals surface area contributed by atoms with Crippen LogP contribution in [0.15, 0.2) is 36.4 Å². The number of benzene rings is 2. The summed E-state index contributed by atoms with van der Waals surface area (Å²) in [5.74, 6) is -5.21. The fraction of sp³-hybridized carbons (Fsp3) is 0.642. The second kappa shape index (κ2) is 29.7. The van der Waals surface area contributed by atoms with Crippen molar-refractivity contribution in [3.63, 3.8) is 0 Å². The number of carbonyl (C=O) groups excluding carboxylic acids is 7. The molecule has 352 valence electrons. The zero-order valence-electron chi connectivity index (χ0n) is 39.2. The van der Waals surface area contributed by atoms with Crippen molar-refractivity contribution in [2.45, 2.75) is 219 Å². The van der Waals surface area contributed by atoms with Crippen molar-refractivity contribution in [1.29, 1.82) is 0 Å². The van der Waals surface area contributed by atoms with E-state index < -0.39 is 41.4 Å². The van der Waals surface area contributed by atoms with Gasteiger partial charge in [-0.25, -0.2) is 9.59 Å². The lowest BCUT2D eigenvalue weighted by molar-refractivity contribution is -0.169. The van der Waals surface area contributed by atoms with Gasteiger partial charge in [-0.3, -0.25) is 24.0 Å². The van der Waals surface area contributed by atoms with Crippen molar-refractivity contribution in [2.24, 2.45) is 0 Å². The first-order valence-corrected chi connectivity index (χ1v) is 25.2. The Morgan fingerprint density at radius 3 is 0.891 bits per heavy atom. The van der Waals surface area contributed by atoms with Gasteiger partial charge in [0, 0.05) is 24.0 Å². The maximum Gasteiger partial charge on any atom is 0.333 e. The third-order valence-electron chi connectivity index (χ3n) is 12.6. The second-order valence-electron chi connectivity index (χ2n) is 18.0. The fourth-order valence-electron chi connectivity index (χ4n) is 8.63. The molecule has 2 aromatic carbocycles. The molecule has 0 unspecified atom stereocenters. The van der Waals surface area contributed by atoms with Gasteiger partial charge in [0.05, 0.1) is 22.3 Å². The Hall–Kier alpha value is -4.67. The largest absolute Gasteiger partial charge is 0.333 e. The van der Waals surface area contributed by atoms with Crippen LogP contribution < -0.4 is 0 Å². The topological polar surface area (TPSA) is 144 Å². The number of nitrogens with zero attached hydrogens (tertiary/aromatic N) is 2. The lowest BCUT2D eigenvalue weighted by atomic mass is 9.96. The molecule has 0 aromatic heterocycles.